The van der Waals surface area contributed by atoms with Gasteiger partial charge in [-0.15, -0.1) is 0 Å². The smallest absolute Gasteiger partial charge is 0.258 e. The maximum absolute atomic E-state index is 11.4. The zero-order chi connectivity index (χ0) is 13.4. The number of benzene rings is 1. The fourth-order valence-electron chi connectivity index (χ4n) is 1.25. The quantitative estimate of drug-likeness (QED) is 0.544. The van der Waals surface area contributed by atoms with Crippen LogP contribution in [0.25, 0.3) is 0 Å². The summed E-state index contributed by atoms with van der Waals surface area (Å²) < 4.78 is 15.2. The van der Waals surface area contributed by atoms with E-state index in [1.165, 1.54) is 0 Å². The Kier molecular flexibility index (Phi) is 5.79. The van der Waals surface area contributed by atoms with E-state index in [4.69, 9.17) is 19.9 Å². The van der Waals surface area contributed by atoms with E-state index in [1.54, 1.807) is 32.4 Å². The lowest BCUT2D eigenvalue weighted by Gasteiger charge is -2.10. The monoisotopic (exact) mass is 254 g/mol. The molecule has 1 amide bonds. The van der Waals surface area contributed by atoms with Crippen molar-refractivity contribution in [1.29, 1.82) is 0 Å². The highest BCUT2D eigenvalue weighted by Gasteiger charge is 2.06. The molecule has 18 heavy (non-hydrogen) atoms. The highest BCUT2D eigenvalue weighted by molar-refractivity contribution is 5.77. The van der Waals surface area contributed by atoms with E-state index in [-0.39, 0.29) is 12.5 Å². The first kappa shape index (κ1) is 14.1. The Balaban J connectivity index is 2.45. The average Bonchev–Trinajstić information content (AvgIpc) is 2.38. The minimum atomic E-state index is -0.228. The first-order valence-corrected chi connectivity index (χ1v) is 5.49. The third-order valence-corrected chi connectivity index (χ3v) is 2.21. The summed E-state index contributed by atoms with van der Waals surface area (Å²) in [5, 5.41) is 2.64. The van der Waals surface area contributed by atoms with Gasteiger partial charge in [-0.2, -0.15) is 0 Å². The first-order valence-electron chi connectivity index (χ1n) is 5.49. The summed E-state index contributed by atoms with van der Waals surface area (Å²) >= 11 is 0. The highest BCUT2D eigenvalue weighted by atomic mass is 16.5. The Morgan fingerprint density at radius 3 is 2.83 bits per heavy atom. The summed E-state index contributed by atoms with van der Waals surface area (Å²) in [6, 6.07) is 5.02. The zero-order valence-electron chi connectivity index (χ0n) is 10.6. The third kappa shape index (κ3) is 4.50. The van der Waals surface area contributed by atoms with Gasteiger partial charge in [0, 0.05) is 19.7 Å². The van der Waals surface area contributed by atoms with Crippen LogP contribution in [0.5, 0.6) is 11.5 Å². The average molecular weight is 254 g/mol. The number of methoxy groups -OCH3 is 2. The van der Waals surface area contributed by atoms with Gasteiger partial charge in [-0.05, 0) is 12.1 Å². The molecule has 6 heteroatoms. The number of carbonyl (C=O) groups is 1. The summed E-state index contributed by atoms with van der Waals surface area (Å²) in [4.78, 5) is 11.4. The van der Waals surface area contributed by atoms with E-state index < -0.39 is 0 Å². The molecule has 0 spiro atoms. The molecule has 100 valence electrons. The Bertz CT molecular complexity index is 396. The Hall–Kier alpha value is -1.95. The molecule has 0 fully saturated rings. The Labute approximate surface area is 106 Å². The van der Waals surface area contributed by atoms with Crippen molar-refractivity contribution in [3.63, 3.8) is 0 Å². The van der Waals surface area contributed by atoms with Crippen molar-refractivity contribution in [3.8, 4) is 11.5 Å². The number of nitrogens with one attached hydrogen (secondary N) is 1. The van der Waals surface area contributed by atoms with Gasteiger partial charge in [0.2, 0.25) is 0 Å². The van der Waals surface area contributed by atoms with Gasteiger partial charge in [0.1, 0.15) is 11.5 Å². The van der Waals surface area contributed by atoms with Crippen LogP contribution in [0.1, 0.15) is 0 Å². The van der Waals surface area contributed by atoms with Crippen molar-refractivity contribution < 1.29 is 19.0 Å². The number of rotatable bonds is 7. The van der Waals surface area contributed by atoms with Crippen molar-refractivity contribution in [2.75, 3.05) is 39.7 Å². The number of nitrogens with two attached hydrogens (primary N) is 1. The molecule has 1 aromatic rings. The second kappa shape index (κ2) is 7.39. The standard InChI is InChI=1S/C12H18N2O4/c1-16-6-5-14-12(15)8-18-11-7-9(17-2)3-4-10(11)13/h3-4,7H,5-6,8,13H2,1-2H3,(H,14,15). The molecule has 0 heterocycles. The second-order valence-corrected chi connectivity index (χ2v) is 3.54. The van der Waals surface area contributed by atoms with Gasteiger partial charge >= 0.3 is 0 Å². The van der Waals surface area contributed by atoms with E-state index in [2.05, 4.69) is 5.32 Å². The van der Waals surface area contributed by atoms with Crippen LogP contribution < -0.4 is 20.5 Å². The van der Waals surface area contributed by atoms with Crippen molar-refractivity contribution in [2.45, 2.75) is 0 Å². The van der Waals surface area contributed by atoms with E-state index in [1.807, 2.05) is 0 Å². The maximum atomic E-state index is 11.4. The number of anilines is 1. The van der Waals surface area contributed by atoms with E-state index >= 15 is 0 Å². The van der Waals surface area contributed by atoms with Crippen LogP contribution in [-0.4, -0.2) is 39.9 Å². The van der Waals surface area contributed by atoms with Crippen LogP contribution in [0.2, 0.25) is 0 Å². The number of ether oxygens (including phenoxy) is 3. The van der Waals surface area contributed by atoms with Crippen molar-refractivity contribution in [2.24, 2.45) is 0 Å². The van der Waals surface area contributed by atoms with Gasteiger partial charge in [0.15, 0.2) is 6.61 Å². The maximum Gasteiger partial charge on any atom is 0.258 e. The molecular weight excluding hydrogens is 236 g/mol. The van der Waals surface area contributed by atoms with Crippen LogP contribution in [0.3, 0.4) is 0 Å². The molecule has 1 aromatic carbocycles. The summed E-state index contributed by atoms with van der Waals surface area (Å²) in [6.45, 7) is 0.820. The zero-order valence-corrected chi connectivity index (χ0v) is 10.6. The lowest BCUT2D eigenvalue weighted by Crippen LogP contribution is -2.31. The number of nitrogen functional groups attached to an aromatic ring is 1. The summed E-state index contributed by atoms with van der Waals surface area (Å²) in [7, 11) is 3.12. The SMILES string of the molecule is COCCNC(=O)COc1cc(OC)ccc1N. The summed E-state index contributed by atoms with van der Waals surface area (Å²) in [5.74, 6) is 0.824. The Morgan fingerprint density at radius 1 is 1.39 bits per heavy atom. The number of hydrogen-bond donors (Lipinski definition) is 2. The largest absolute Gasteiger partial charge is 0.497 e. The molecule has 0 saturated carbocycles. The predicted octanol–water partition coefficient (Wildman–Crippen LogP) is 0.419. The van der Waals surface area contributed by atoms with Gasteiger partial charge in [-0.25, -0.2) is 0 Å². The molecule has 0 aliphatic rings. The summed E-state index contributed by atoms with van der Waals surface area (Å²) in [5.41, 5.74) is 6.18. The fraction of sp³-hybridized carbons (Fsp3) is 0.417. The summed E-state index contributed by atoms with van der Waals surface area (Å²) in [6.07, 6.45) is 0. The fourth-order valence-corrected chi connectivity index (χ4v) is 1.25. The minimum absolute atomic E-state index is 0.0961. The molecule has 0 aromatic heterocycles. The van der Waals surface area contributed by atoms with Gasteiger partial charge in [0.05, 0.1) is 19.4 Å². The number of amides is 1. The van der Waals surface area contributed by atoms with Crippen molar-refractivity contribution in [1.82, 2.24) is 5.32 Å². The molecular formula is C12H18N2O4. The Morgan fingerprint density at radius 2 is 2.17 bits per heavy atom. The van der Waals surface area contributed by atoms with Crippen LogP contribution >= 0.6 is 0 Å². The predicted molar refractivity (Wildman–Crippen MR) is 67.8 cm³/mol. The van der Waals surface area contributed by atoms with Crippen molar-refractivity contribution in [3.05, 3.63) is 18.2 Å². The van der Waals surface area contributed by atoms with Gasteiger partial charge in [-0.1, -0.05) is 0 Å². The van der Waals surface area contributed by atoms with Crippen LogP contribution in [0.4, 0.5) is 5.69 Å². The molecule has 0 bridgehead atoms. The van der Waals surface area contributed by atoms with Crippen molar-refractivity contribution >= 4 is 11.6 Å². The highest BCUT2D eigenvalue weighted by Crippen LogP contribution is 2.26. The molecule has 0 unspecified atom stereocenters. The molecule has 0 aliphatic carbocycles. The first-order chi connectivity index (χ1) is 8.67. The third-order valence-electron chi connectivity index (χ3n) is 2.21. The topological polar surface area (TPSA) is 82.8 Å². The molecule has 0 radical (unpaired) electrons. The molecule has 1 rings (SSSR count). The van der Waals surface area contributed by atoms with Crippen LogP contribution in [0, 0.1) is 0 Å². The van der Waals surface area contributed by atoms with Gasteiger partial charge in [0.25, 0.3) is 5.91 Å². The molecule has 0 aliphatic heterocycles. The minimum Gasteiger partial charge on any atom is -0.497 e. The van der Waals surface area contributed by atoms with Crippen LogP contribution in [0.15, 0.2) is 18.2 Å². The van der Waals surface area contributed by atoms with E-state index in [0.717, 1.165) is 0 Å². The number of carbonyl (C=O) groups excluding carboxylic acids is 1. The molecule has 0 atom stereocenters. The van der Waals surface area contributed by atoms with Gasteiger partial charge < -0.3 is 25.3 Å². The molecule has 6 nitrogen and oxygen atoms in total. The lowest BCUT2D eigenvalue weighted by molar-refractivity contribution is -0.123. The lowest BCUT2D eigenvalue weighted by atomic mass is 10.3. The van der Waals surface area contributed by atoms with E-state index in [0.29, 0.717) is 30.3 Å². The van der Waals surface area contributed by atoms with Gasteiger partial charge in [-0.3, -0.25) is 4.79 Å². The normalized spacial score (nSPS) is 9.89. The molecule has 3 N–H and O–H groups in total. The van der Waals surface area contributed by atoms with E-state index in [9.17, 15) is 4.79 Å². The molecule has 0 saturated heterocycles. The number of hydrogen-bond acceptors (Lipinski definition) is 5. The second-order valence-electron chi connectivity index (χ2n) is 3.54. The van der Waals surface area contributed by atoms with Crippen LogP contribution in [-0.2, 0) is 9.53 Å².